The quantitative estimate of drug-likeness (QED) is 0.813. The van der Waals surface area contributed by atoms with Gasteiger partial charge in [-0.3, -0.25) is 0 Å². The smallest absolute Gasteiger partial charge is 0.319 e. The summed E-state index contributed by atoms with van der Waals surface area (Å²) in [6, 6.07) is 12.9. The van der Waals surface area contributed by atoms with Crippen molar-refractivity contribution < 1.29 is 9.53 Å². The third-order valence-electron chi connectivity index (χ3n) is 3.08. The van der Waals surface area contributed by atoms with Gasteiger partial charge in [0.2, 0.25) is 0 Å². The SMILES string of the molecule is Cc1cccc(OCCNC(=O)Nc2ccc(Cl)cc2C)c1. The standard InChI is InChI=1S/C17H19ClN2O2/c1-12-4-3-5-15(10-12)22-9-8-19-17(21)20-16-7-6-14(18)11-13(16)2/h3-7,10-11H,8-9H2,1-2H3,(H2,19,20,21). The van der Waals surface area contributed by atoms with Crippen LogP contribution >= 0.6 is 11.6 Å². The predicted octanol–water partition coefficient (Wildman–Crippen LogP) is 4.16. The first kappa shape index (κ1) is 16.2. The van der Waals surface area contributed by atoms with Gasteiger partial charge < -0.3 is 15.4 Å². The second-order valence-corrected chi connectivity index (χ2v) is 5.44. The minimum absolute atomic E-state index is 0.265. The number of benzene rings is 2. The van der Waals surface area contributed by atoms with Gasteiger partial charge >= 0.3 is 6.03 Å². The number of aryl methyl sites for hydroxylation is 2. The van der Waals surface area contributed by atoms with Crippen molar-refractivity contribution in [3.05, 3.63) is 58.6 Å². The molecule has 4 nitrogen and oxygen atoms in total. The monoisotopic (exact) mass is 318 g/mol. The van der Waals surface area contributed by atoms with E-state index in [9.17, 15) is 4.79 Å². The highest BCUT2D eigenvalue weighted by atomic mass is 35.5. The summed E-state index contributed by atoms with van der Waals surface area (Å²) in [5.41, 5.74) is 2.79. The van der Waals surface area contributed by atoms with Crippen LogP contribution in [-0.2, 0) is 0 Å². The summed E-state index contributed by atoms with van der Waals surface area (Å²) in [5, 5.41) is 6.18. The van der Waals surface area contributed by atoms with E-state index in [1.807, 2.05) is 38.1 Å². The Morgan fingerprint density at radius 1 is 1.18 bits per heavy atom. The summed E-state index contributed by atoms with van der Waals surface area (Å²) in [4.78, 5) is 11.8. The fraction of sp³-hybridized carbons (Fsp3) is 0.235. The maximum absolute atomic E-state index is 11.8. The number of urea groups is 1. The van der Waals surface area contributed by atoms with Crippen molar-refractivity contribution in [1.82, 2.24) is 5.32 Å². The number of hydrogen-bond donors (Lipinski definition) is 2. The molecule has 0 bridgehead atoms. The molecule has 22 heavy (non-hydrogen) atoms. The Morgan fingerprint density at radius 2 is 2.00 bits per heavy atom. The van der Waals surface area contributed by atoms with Crippen LogP contribution in [0, 0.1) is 13.8 Å². The van der Waals surface area contributed by atoms with Gasteiger partial charge in [0.25, 0.3) is 0 Å². The maximum atomic E-state index is 11.8. The lowest BCUT2D eigenvalue weighted by Crippen LogP contribution is -2.32. The average molecular weight is 319 g/mol. The number of rotatable bonds is 5. The van der Waals surface area contributed by atoms with Crippen molar-refractivity contribution in [1.29, 1.82) is 0 Å². The van der Waals surface area contributed by atoms with Crippen molar-refractivity contribution in [2.45, 2.75) is 13.8 Å². The van der Waals surface area contributed by atoms with Gasteiger partial charge in [-0.2, -0.15) is 0 Å². The zero-order valence-electron chi connectivity index (χ0n) is 12.7. The van der Waals surface area contributed by atoms with Crippen LogP contribution in [0.4, 0.5) is 10.5 Å². The van der Waals surface area contributed by atoms with Crippen molar-refractivity contribution in [3.8, 4) is 5.75 Å². The molecule has 0 radical (unpaired) electrons. The highest BCUT2D eigenvalue weighted by molar-refractivity contribution is 6.30. The Morgan fingerprint density at radius 3 is 2.73 bits per heavy atom. The van der Waals surface area contributed by atoms with Crippen LogP contribution in [0.2, 0.25) is 5.02 Å². The van der Waals surface area contributed by atoms with Gasteiger partial charge in [0.1, 0.15) is 12.4 Å². The van der Waals surface area contributed by atoms with Gasteiger partial charge in [-0.1, -0.05) is 23.7 Å². The van der Waals surface area contributed by atoms with Crippen LogP contribution in [0.15, 0.2) is 42.5 Å². The predicted molar refractivity (Wildman–Crippen MR) is 89.9 cm³/mol. The molecule has 0 saturated carbocycles. The topological polar surface area (TPSA) is 50.4 Å². The molecule has 0 fully saturated rings. The molecule has 0 aliphatic heterocycles. The Kier molecular flexibility index (Phi) is 5.67. The molecule has 116 valence electrons. The first-order valence-corrected chi connectivity index (χ1v) is 7.43. The number of ether oxygens (including phenoxy) is 1. The highest BCUT2D eigenvalue weighted by Crippen LogP contribution is 2.19. The van der Waals surface area contributed by atoms with E-state index >= 15 is 0 Å². The first-order valence-electron chi connectivity index (χ1n) is 7.05. The van der Waals surface area contributed by atoms with E-state index in [1.165, 1.54) is 0 Å². The Hall–Kier alpha value is -2.20. The van der Waals surface area contributed by atoms with Crippen molar-refractivity contribution >= 4 is 23.3 Å². The van der Waals surface area contributed by atoms with E-state index in [1.54, 1.807) is 18.2 Å². The van der Waals surface area contributed by atoms with Crippen molar-refractivity contribution in [2.75, 3.05) is 18.5 Å². The van der Waals surface area contributed by atoms with Gasteiger partial charge in [-0.05, 0) is 55.3 Å². The minimum Gasteiger partial charge on any atom is -0.492 e. The normalized spacial score (nSPS) is 10.1. The largest absolute Gasteiger partial charge is 0.492 e. The third kappa shape index (κ3) is 4.97. The number of hydrogen-bond acceptors (Lipinski definition) is 2. The van der Waals surface area contributed by atoms with Crippen LogP contribution in [0.3, 0.4) is 0 Å². The molecular weight excluding hydrogens is 300 g/mol. The van der Waals surface area contributed by atoms with Gasteiger partial charge in [-0.25, -0.2) is 4.79 Å². The Balaban J connectivity index is 1.74. The van der Waals surface area contributed by atoms with Gasteiger partial charge in [0.05, 0.1) is 6.54 Å². The summed E-state index contributed by atoms with van der Waals surface area (Å²) >= 11 is 5.88. The van der Waals surface area contributed by atoms with E-state index in [4.69, 9.17) is 16.3 Å². The lowest BCUT2D eigenvalue weighted by Gasteiger charge is -2.11. The van der Waals surface area contributed by atoms with E-state index in [0.717, 1.165) is 22.6 Å². The van der Waals surface area contributed by atoms with Crippen molar-refractivity contribution in [3.63, 3.8) is 0 Å². The summed E-state index contributed by atoms with van der Waals surface area (Å²) in [6.45, 7) is 4.73. The molecule has 0 aromatic heterocycles. The van der Waals surface area contributed by atoms with Crippen LogP contribution in [0.1, 0.15) is 11.1 Å². The molecule has 0 aliphatic rings. The summed E-state index contributed by atoms with van der Waals surface area (Å²) in [5.74, 6) is 0.802. The lowest BCUT2D eigenvalue weighted by molar-refractivity contribution is 0.247. The molecule has 0 saturated heterocycles. The number of anilines is 1. The summed E-state index contributed by atoms with van der Waals surface area (Å²) in [7, 11) is 0. The number of nitrogens with one attached hydrogen (secondary N) is 2. The van der Waals surface area contributed by atoms with Crippen LogP contribution in [0.25, 0.3) is 0 Å². The highest BCUT2D eigenvalue weighted by Gasteiger charge is 2.04. The van der Waals surface area contributed by atoms with E-state index < -0.39 is 0 Å². The minimum atomic E-state index is -0.265. The zero-order valence-corrected chi connectivity index (χ0v) is 13.4. The molecule has 2 N–H and O–H groups in total. The van der Waals surface area contributed by atoms with Gasteiger partial charge in [-0.15, -0.1) is 0 Å². The fourth-order valence-electron chi connectivity index (χ4n) is 1.97. The molecule has 0 spiro atoms. The molecule has 2 aromatic carbocycles. The Bertz CT molecular complexity index is 659. The second-order valence-electron chi connectivity index (χ2n) is 5.01. The molecule has 0 unspecified atom stereocenters. The number of carbonyl (C=O) groups is 1. The maximum Gasteiger partial charge on any atom is 0.319 e. The van der Waals surface area contributed by atoms with E-state index in [0.29, 0.717) is 18.2 Å². The summed E-state index contributed by atoms with van der Waals surface area (Å²) in [6.07, 6.45) is 0. The number of amides is 2. The van der Waals surface area contributed by atoms with Crippen LogP contribution < -0.4 is 15.4 Å². The Labute approximate surface area is 135 Å². The molecule has 2 aromatic rings. The average Bonchev–Trinajstić information content (AvgIpc) is 2.47. The van der Waals surface area contributed by atoms with Crippen LogP contribution in [0.5, 0.6) is 5.75 Å². The zero-order chi connectivity index (χ0) is 15.9. The molecule has 0 atom stereocenters. The molecular formula is C17H19ClN2O2. The first-order chi connectivity index (χ1) is 10.5. The molecule has 0 aliphatic carbocycles. The molecule has 2 amide bonds. The fourth-order valence-corrected chi connectivity index (χ4v) is 2.20. The summed E-state index contributed by atoms with van der Waals surface area (Å²) < 4.78 is 5.57. The third-order valence-corrected chi connectivity index (χ3v) is 3.32. The molecule has 2 rings (SSSR count). The van der Waals surface area contributed by atoms with E-state index in [-0.39, 0.29) is 6.03 Å². The number of halogens is 1. The van der Waals surface area contributed by atoms with Gasteiger partial charge in [0, 0.05) is 10.7 Å². The van der Waals surface area contributed by atoms with Crippen LogP contribution in [-0.4, -0.2) is 19.2 Å². The van der Waals surface area contributed by atoms with E-state index in [2.05, 4.69) is 10.6 Å². The molecule has 0 heterocycles. The van der Waals surface area contributed by atoms with Crippen molar-refractivity contribution in [2.24, 2.45) is 0 Å². The second kappa shape index (κ2) is 7.71. The lowest BCUT2D eigenvalue weighted by atomic mass is 10.2. The number of carbonyl (C=O) groups excluding carboxylic acids is 1. The van der Waals surface area contributed by atoms with Gasteiger partial charge in [0.15, 0.2) is 0 Å². The molecule has 5 heteroatoms.